The van der Waals surface area contributed by atoms with Gasteiger partial charge in [0.05, 0.1) is 10.3 Å². The number of nitrogens with one attached hydrogen (secondary N) is 2. The highest BCUT2D eigenvalue weighted by Gasteiger charge is 2.23. The maximum absolute atomic E-state index is 12.7. The lowest BCUT2D eigenvalue weighted by atomic mass is 10.1. The summed E-state index contributed by atoms with van der Waals surface area (Å²) >= 11 is 1.44. The summed E-state index contributed by atoms with van der Waals surface area (Å²) in [6, 6.07) is 6.23. The fourth-order valence-electron chi connectivity index (χ4n) is 3.60. The van der Waals surface area contributed by atoms with Crippen LogP contribution in [0.5, 0.6) is 0 Å². The molecular weight excluding hydrogens is 358 g/mol. The van der Waals surface area contributed by atoms with Crippen molar-refractivity contribution in [1.82, 2.24) is 20.3 Å². The quantitative estimate of drug-likeness (QED) is 0.680. The topological polar surface area (TPSA) is 79.8 Å². The molecule has 7 heteroatoms. The van der Waals surface area contributed by atoms with Gasteiger partial charge in [0.1, 0.15) is 17.0 Å². The number of nitrogens with zero attached hydrogens (tertiary/aromatic N) is 3. The van der Waals surface area contributed by atoms with Crippen molar-refractivity contribution < 1.29 is 4.79 Å². The maximum atomic E-state index is 12.7. The third kappa shape index (κ3) is 3.93. The molecule has 1 aliphatic carbocycles. The molecule has 3 aromatic rings. The van der Waals surface area contributed by atoms with Crippen LogP contribution in [0.25, 0.3) is 10.2 Å². The van der Waals surface area contributed by atoms with Crippen LogP contribution in [0.15, 0.2) is 30.7 Å². The second-order valence-corrected chi connectivity index (χ2v) is 7.91. The lowest BCUT2D eigenvalue weighted by Gasteiger charge is -2.11. The Balaban J connectivity index is 1.51. The summed E-state index contributed by atoms with van der Waals surface area (Å²) in [5.74, 6) is 0.798. The summed E-state index contributed by atoms with van der Waals surface area (Å²) in [6.07, 6.45) is 8.73. The van der Waals surface area contributed by atoms with Crippen LogP contribution in [0.3, 0.4) is 0 Å². The monoisotopic (exact) mass is 381 g/mol. The third-order valence-corrected chi connectivity index (χ3v) is 6.22. The zero-order valence-electron chi connectivity index (χ0n) is 15.4. The Labute approximate surface area is 162 Å². The molecule has 0 spiro atoms. The molecule has 0 bridgehead atoms. The predicted molar refractivity (Wildman–Crippen MR) is 108 cm³/mol. The van der Waals surface area contributed by atoms with Crippen LogP contribution < -0.4 is 10.6 Å². The minimum Gasteiger partial charge on any atom is -0.369 e. The second kappa shape index (κ2) is 8.00. The van der Waals surface area contributed by atoms with E-state index in [0.29, 0.717) is 6.04 Å². The number of anilines is 1. The molecule has 0 unspecified atom stereocenters. The number of thiophene rings is 1. The highest BCUT2D eigenvalue weighted by Crippen LogP contribution is 2.33. The number of hydrogen-bond donors (Lipinski definition) is 2. The van der Waals surface area contributed by atoms with E-state index in [-0.39, 0.29) is 5.91 Å². The van der Waals surface area contributed by atoms with Gasteiger partial charge in [-0.15, -0.1) is 11.3 Å². The number of carbonyl (C=O) groups is 1. The minimum atomic E-state index is 0.0156. The number of carbonyl (C=O) groups excluding carboxylic acids is 1. The first-order valence-electron chi connectivity index (χ1n) is 9.41. The molecule has 3 heterocycles. The van der Waals surface area contributed by atoms with Crippen molar-refractivity contribution >= 4 is 33.3 Å². The van der Waals surface area contributed by atoms with Crippen molar-refractivity contribution in [1.29, 1.82) is 0 Å². The average molecular weight is 382 g/mol. The minimum absolute atomic E-state index is 0.0156. The fraction of sp³-hybridized carbons (Fsp3) is 0.400. The Morgan fingerprint density at radius 1 is 1.22 bits per heavy atom. The molecular formula is C20H23N5OS. The normalized spacial score (nSPS) is 14.6. The molecule has 0 aliphatic heterocycles. The lowest BCUT2D eigenvalue weighted by molar-refractivity contribution is 0.0941. The number of fused-ring (bicyclic) bond motifs is 1. The van der Waals surface area contributed by atoms with Crippen LogP contribution in [-0.2, 0) is 6.42 Å². The predicted octanol–water partition coefficient (Wildman–Crippen LogP) is 3.72. The van der Waals surface area contributed by atoms with Crippen molar-refractivity contribution in [2.75, 3.05) is 11.9 Å². The molecule has 1 fully saturated rings. The Bertz CT molecular complexity index is 934. The summed E-state index contributed by atoms with van der Waals surface area (Å²) in [5, 5.41) is 7.51. The molecule has 1 aliphatic rings. The van der Waals surface area contributed by atoms with Crippen LogP contribution in [0.1, 0.15) is 46.6 Å². The molecule has 1 saturated carbocycles. The van der Waals surface area contributed by atoms with Crippen molar-refractivity contribution in [3.8, 4) is 0 Å². The van der Waals surface area contributed by atoms with Gasteiger partial charge in [-0.1, -0.05) is 18.9 Å². The first-order chi connectivity index (χ1) is 13.2. The summed E-state index contributed by atoms with van der Waals surface area (Å²) in [7, 11) is 0. The summed E-state index contributed by atoms with van der Waals surface area (Å²) in [5.41, 5.74) is 1.99. The van der Waals surface area contributed by atoms with Gasteiger partial charge in [-0.25, -0.2) is 9.97 Å². The van der Waals surface area contributed by atoms with Gasteiger partial charge in [0, 0.05) is 30.9 Å². The molecule has 0 atom stereocenters. The van der Waals surface area contributed by atoms with Crippen molar-refractivity contribution in [3.05, 3.63) is 46.9 Å². The lowest BCUT2D eigenvalue weighted by Crippen LogP contribution is -2.32. The number of aromatic nitrogens is 3. The highest BCUT2D eigenvalue weighted by atomic mass is 32.1. The largest absolute Gasteiger partial charge is 0.369 e. The molecule has 6 nitrogen and oxygen atoms in total. The molecule has 0 aromatic carbocycles. The standard InChI is InChI=1S/C20H23N5OS/c1-13-16-18(22-11-9-14-6-4-5-10-21-14)23-12-24-20(16)27-17(13)19(26)25-15-7-2-3-8-15/h4-6,10,12,15H,2-3,7-9,11H2,1H3,(H,25,26)(H,22,23,24). The van der Waals surface area contributed by atoms with Gasteiger partial charge in [0.15, 0.2) is 0 Å². The van der Waals surface area contributed by atoms with Gasteiger partial charge < -0.3 is 10.6 Å². The number of amides is 1. The molecule has 2 N–H and O–H groups in total. The molecule has 3 aromatic heterocycles. The SMILES string of the molecule is Cc1c(C(=O)NC2CCCC2)sc2ncnc(NCCc3ccccn3)c12. The van der Waals surface area contributed by atoms with Gasteiger partial charge in [0.25, 0.3) is 5.91 Å². The van der Waals surface area contributed by atoms with E-state index in [1.54, 1.807) is 12.5 Å². The van der Waals surface area contributed by atoms with E-state index in [1.165, 1.54) is 24.2 Å². The number of rotatable bonds is 6. The molecule has 0 radical (unpaired) electrons. The number of pyridine rings is 1. The average Bonchev–Trinajstić information content (AvgIpc) is 3.31. The fourth-order valence-corrected chi connectivity index (χ4v) is 4.65. The zero-order valence-corrected chi connectivity index (χ0v) is 16.2. The summed E-state index contributed by atoms with van der Waals surface area (Å²) in [6.45, 7) is 2.71. The van der Waals surface area contributed by atoms with Gasteiger partial charge in [-0.05, 0) is 37.5 Å². The van der Waals surface area contributed by atoms with Gasteiger partial charge >= 0.3 is 0 Å². The molecule has 140 valence electrons. The van der Waals surface area contributed by atoms with Crippen molar-refractivity contribution in [2.24, 2.45) is 0 Å². The van der Waals surface area contributed by atoms with Crippen LogP contribution in [0.4, 0.5) is 5.82 Å². The number of hydrogen-bond acceptors (Lipinski definition) is 6. The first kappa shape index (κ1) is 17.9. The van der Waals surface area contributed by atoms with Crippen LogP contribution >= 0.6 is 11.3 Å². The van der Waals surface area contributed by atoms with Crippen LogP contribution in [0.2, 0.25) is 0 Å². The Morgan fingerprint density at radius 3 is 2.85 bits per heavy atom. The Kier molecular flexibility index (Phi) is 5.29. The second-order valence-electron chi connectivity index (χ2n) is 6.91. The number of aryl methyl sites for hydroxylation is 1. The van der Waals surface area contributed by atoms with Crippen LogP contribution in [-0.4, -0.2) is 33.4 Å². The smallest absolute Gasteiger partial charge is 0.261 e. The van der Waals surface area contributed by atoms with Crippen molar-refractivity contribution in [3.63, 3.8) is 0 Å². The summed E-state index contributed by atoms with van der Waals surface area (Å²) in [4.78, 5) is 27.4. The first-order valence-corrected chi connectivity index (χ1v) is 10.2. The highest BCUT2D eigenvalue weighted by molar-refractivity contribution is 7.20. The molecule has 1 amide bonds. The third-order valence-electron chi connectivity index (χ3n) is 5.02. The van der Waals surface area contributed by atoms with E-state index in [9.17, 15) is 4.79 Å². The maximum Gasteiger partial charge on any atom is 0.261 e. The van der Waals surface area contributed by atoms with E-state index in [2.05, 4.69) is 25.6 Å². The summed E-state index contributed by atoms with van der Waals surface area (Å²) < 4.78 is 0. The van der Waals surface area contributed by atoms with E-state index in [0.717, 1.165) is 58.0 Å². The molecule has 0 saturated heterocycles. The Hall–Kier alpha value is -2.54. The van der Waals surface area contributed by atoms with Gasteiger partial charge in [0.2, 0.25) is 0 Å². The van der Waals surface area contributed by atoms with E-state index in [4.69, 9.17) is 0 Å². The zero-order chi connectivity index (χ0) is 18.6. The molecule has 4 rings (SSSR count). The van der Waals surface area contributed by atoms with Gasteiger partial charge in [-0.2, -0.15) is 0 Å². The van der Waals surface area contributed by atoms with E-state index in [1.807, 2.05) is 25.1 Å². The Morgan fingerprint density at radius 2 is 2.07 bits per heavy atom. The van der Waals surface area contributed by atoms with E-state index >= 15 is 0 Å². The van der Waals surface area contributed by atoms with Crippen LogP contribution in [0, 0.1) is 6.92 Å². The van der Waals surface area contributed by atoms with Crippen molar-refractivity contribution in [2.45, 2.75) is 45.1 Å². The molecule has 27 heavy (non-hydrogen) atoms. The van der Waals surface area contributed by atoms with E-state index < -0.39 is 0 Å². The van der Waals surface area contributed by atoms with Gasteiger partial charge in [-0.3, -0.25) is 9.78 Å².